The Morgan fingerprint density at radius 3 is 2.73 bits per heavy atom. The number of H-pyrrole nitrogens is 1. The molecule has 8 heteroatoms. The number of anilines is 1. The Morgan fingerprint density at radius 2 is 2.00 bits per heavy atom. The summed E-state index contributed by atoms with van der Waals surface area (Å²) in [4.78, 5) is 14.9. The number of hydrogen-bond donors (Lipinski definition) is 2. The summed E-state index contributed by atoms with van der Waals surface area (Å²) in [6, 6.07) is 13.4. The van der Waals surface area contributed by atoms with Gasteiger partial charge in [0.15, 0.2) is 17.3 Å². The van der Waals surface area contributed by atoms with Crippen molar-refractivity contribution in [3.63, 3.8) is 0 Å². The number of halogens is 1. The molecule has 156 valence electrons. The van der Waals surface area contributed by atoms with Crippen LogP contribution in [0.4, 0.5) is 10.2 Å². The first-order chi connectivity index (χ1) is 14.6. The number of methoxy groups -OCH3 is 2. The lowest BCUT2D eigenvalue weighted by Crippen LogP contribution is -2.37. The highest BCUT2D eigenvalue weighted by molar-refractivity contribution is 5.98. The van der Waals surface area contributed by atoms with Gasteiger partial charge in [0, 0.05) is 25.2 Å². The minimum atomic E-state index is -0.274. The maximum Gasteiger partial charge on any atom is 0.255 e. The molecule has 3 aromatic rings. The van der Waals surface area contributed by atoms with E-state index in [2.05, 4.69) is 20.4 Å². The van der Waals surface area contributed by atoms with Gasteiger partial charge in [0.05, 0.1) is 25.5 Å². The summed E-state index contributed by atoms with van der Waals surface area (Å²) in [6.07, 6.45) is 0.802. The van der Waals surface area contributed by atoms with Gasteiger partial charge < -0.3 is 19.7 Å². The van der Waals surface area contributed by atoms with E-state index < -0.39 is 0 Å². The molecule has 4 rings (SSSR count). The van der Waals surface area contributed by atoms with Crippen LogP contribution in [-0.4, -0.2) is 49.5 Å². The highest BCUT2D eigenvalue weighted by atomic mass is 19.1. The third-order valence-electron chi connectivity index (χ3n) is 5.21. The molecule has 0 aliphatic carbocycles. The minimum Gasteiger partial charge on any atom is -0.493 e. The van der Waals surface area contributed by atoms with E-state index in [4.69, 9.17) is 9.47 Å². The Morgan fingerprint density at radius 1 is 1.20 bits per heavy atom. The first-order valence-corrected chi connectivity index (χ1v) is 9.67. The average Bonchev–Trinajstić information content (AvgIpc) is 3.43. The van der Waals surface area contributed by atoms with E-state index in [9.17, 15) is 9.18 Å². The number of para-hydroxylation sites is 1. The second kappa shape index (κ2) is 8.44. The summed E-state index contributed by atoms with van der Waals surface area (Å²) < 4.78 is 23.8. The van der Waals surface area contributed by atoms with Crippen molar-refractivity contribution in [2.24, 2.45) is 0 Å². The number of benzene rings is 2. The van der Waals surface area contributed by atoms with Crippen LogP contribution in [0.5, 0.6) is 11.5 Å². The number of nitrogens with one attached hydrogen (secondary N) is 2. The van der Waals surface area contributed by atoms with Crippen molar-refractivity contribution >= 4 is 11.7 Å². The van der Waals surface area contributed by atoms with E-state index in [1.807, 2.05) is 6.07 Å². The van der Waals surface area contributed by atoms with E-state index >= 15 is 0 Å². The van der Waals surface area contributed by atoms with Crippen LogP contribution in [0.25, 0.3) is 11.3 Å². The molecule has 1 atom stereocenters. The smallest absolute Gasteiger partial charge is 0.255 e. The molecule has 0 unspecified atom stereocenters. The molecule has 1 aromatic heterocycles. The molecule has 7 nitrogen and oxygen atoms in total. The molecule has 1 aliphatic heterocycles. The van der Waals surface area contributed by atoms with Crippen LogP contribution in [0.1, 0.15) is 16.8 Å². The normalized spacial score (nSPS) is 15.8. The number of aromatic amines is 1. The van der Waals surface area contributed by atoms with Gasteiger partial charge in [-0.05, 0) is 48.4 Å². The molecule has 1 amide bonds. The van der Waals surface area contributed by atoms with Gasteiger partial charge in [0.25, 0.3) is 5.91 Å². The standard InChI is InChI=1S/C22H23FN4O3/c1-29-19-5-3-4-17(21(19)30-2)22(28)24-16-10-11-27(13-16)20-12-18(25-26-20)14-6-8-15(23)9-7-14/h3-9,12,16H,10-11,13H2,1-2H3,(H,24,28)(H,25,26)/t16-/m1/s1. The Hall–Kier alpha value is -3.55. The van der Waals surface area contributed by atoms with Crippen molar-refractivity contribution in [1.29, 1.82) is 0 Å². The monoisotopic (exact) mass is 410 g/mol. The molecule has 1 saturated heterocycles. The van der Waals surface area contributed by atoms with Gasteiger partial charge in [0.1, 0.15) is 5.82 Å². The molecule has 30 heavy (non-hydrogen) atoms. The SMILES string of the molecule is COc1cccc(C(=O)N[C@@H]2CCN(c3cc(-c4ccc(F)cc4)[nH]n3)C2)c1OC. The summed E-state index contributed by atoms with van der Waals surface area (Å²) in [5.74, 6) is 1.26. The molecule has 2 heterocycles. The number of amides is 1. The third-order valence-corrected chi connectivity index (χ3v) is 5.21. The predicted molar refractivity (Wildman–Crippen MR) is 112 cm³/mol. The molecular formula is C22H23FN4O3. The molecular weight excluding hydrogens is 387 g/mol. The Labute approximate surface area is 173 Å². The van der Waals surface area contributed by atoms with Crippen LogP contribution in [0, 0.1) is 5.82 Å². The number of ether oxygens (including phenoxy) is 2. The molecule has 1 fully saturated rings. The topological polar surface area (TPSA) is 79.5 Å². The summed E-state index contributed by atoms with van der Waals surface area (Å²) in [5.41, 5.74) is 2.12. The van der Waals surface area contributed by atoms with Gasteiger partial charge in [-0.2, -0.15) is 5.10 Å². The summed E-state index contributed by atoms with van der Waals surface area (Å²) in [7, 11) is 3.06. The third kappa shape index (κ3) is 3.94. The van der Waals surface area contributed by atoms with Crippen LogP contribution in [-0.2, 0) is 0 Å². The number of carbonyl (C=O) groups is 1. The molecule has 0 saturated carbocycles. The number of aromatic nitrogens is 2. The summed E-state index contributed by atoms with van der Waals surface area (Å²) in [5, 5.41) is 10.4. The maximum absolute atomic E-state index is 13.1. The number of nitrogens with zero attached hydrogens (tertiary/aromatic N) is 2. The fourth-order valence-electron chi connectivity index (χ4n) is 3.67. The van der Waals surface area contributed by atoms with Gasteiger partial charge >= 0.3 is 0 Å². The van der Waals surface area contributed by atoms with Crippen LogP contribution >= 0.6 is 0 Å². The lowest BCUT2D eigenvalue weighted by atomic mass is 10.1. The maximum atomic E-state index is 13.1. The highest BCUT2D eigenvalue weighted by Crippen LogP contribution is 2.31. The molecule has 2 aromatic carbocycles. The Kier molecular flexibility index (Phi) is 5.56. The van der Waals surface area contributed by atoms with Crippen molar-refractivity contribution in [1.82, 2.24) is 15.5 Å². The van der Waals surface area contributed by atoms with Crippen molar-refractivity contribution in [2.75, 3.05) is 32.2 Å². The van der Waals surface area contributed by atoms with E-state index in [-0.39, 0.29) is 17.8 Å². The van der Waals surface area contributed by atoms with Crippen molar-refractivity contribution < 1.29 is 18.7 Å². The fraction of sp³-hybridized carbons (Fsp3) is 0.273. The van der Waals surface area contributed by atoms with E-state index in [1.54, 1.807) is 37.4 Å². The van der Waals surface area contributed by atoms with Crippen LogP contribution in [0.2, 0.25) is 0 Å². The lowest BCUT2D eigenvalue weighted by Gasteiger charge is -2.17. The molecule has 2 N–H and O–H groups in total. The first-order valence-electron chi connectivity index (χ1n) is 9.67. The predicted octanol–water partition coefficient (Wildman–Crippen LogP) is 3.24. The van der Waals surface area contributed by atoms with E-state index in [0.29, 0.717) is 23.6 Å². The number of rotatable bonds is 6. The van der Waals surface area contributed by atoms with Crippen molar-refractivity contribution in [2.45, 2.75) is 12.5 Å². The number of carbonyl (C=O) groups excluding carboxylic acids is 1. The van der Waals surface area contributed by atoms with Gasteiger partial charge in [0.2, 0.25) is 0 Å². The molecule has 0 bridgehead atoms. The second-order valence-electron chi connectivity index (χ2n) is 7.09. The van der Waals surface area contributed by atoms with Crippen LogP contribution in [0.3, 0.4) is 0 Å². The van der Waals surface area contributed by atoms with Gasteiger partial charge in [-0.15, -0.1) is 0 Å². The molecule has 0 spiro atoms. The first kappa shape index (κ1) is 19.8. The fourth-order valence-corrected chi connectivity index (χ4v) is 3.67. The van der Waals surface area contributed by atoms with Crippen LogP contribution < -0.4 is 19.7 Å². The minimum absolute atomic E-state index is 0.0145. The second-order valence-corrected chi connectivity index (χ2v) is 7.09. The van der Waals surface area contributed by atoms with Gasteiger partial charge in [-0.3, -0.25) is 9.89 Å². The number of hydrogen-bond acceptors (Lipinski definition) is 5. The van der Waals surface area contributed by atoms with E-state index in [0.717, 1.165) is 30.0 Å². The van der Waals surface area contributed by atoms with Crippen LogP contribution in [0.15, 0.2) is 48.5 Å². The summed E-state index contributed by atoms with van der Waals surface area (Å²) in [6.45, 7) is 1.42. The quantitative estimate of drug-likeness (QED) is 0.652. The van der Waals surface area contributed by atoms with Crippen molar-refractivity contribution in [3.8, 4) is 22.8 Å². The Balaban J connectivity index is 1.42. The zero-order valence-corrected chi connectivity index (χ0v) is 16.8. The zero-order valence-electron chi connectivity index (χ0n) is 16.8. The van der Waals surface area contributed by atoms with Gasteiger partial charge in [-0.1, -0.05) is 6.07 Å². The largest absolute Gasteiger partial charge is 0.493 e. The Bertz CT molecular complexity index is 1040. The van der Waals surface area contributed by atoms with Crippen molar-refractivity contribution in [3.05, 3.63) is 59.9 Å². The van der Waals surface area contributed by atoms with E-state index in [1.165, 1.54) is 19.2 Å². The van der Waals surface area contributed by atoms with Gasteiger partial charge in [-0.25, -0.2) is 4.39 Å². The zero-order chi connectivity index (χ0) is 21.1. The molecule has 1 aliphatic rings. The summed E-state index contributed by atoms with van der Waals surface area (Å²) >= 11 is 0. The highest BCUT2D eigenvalue weighted by Gasteiger charge is 2.27. The lowest BCUT2D eigenvalue weighted by molar-refractivity contribution is 0.0936. The average molecular weight is 410 g/mol. The molecule has 0 radical (unpaired) electrons.